The van der Waals surface area contributed by atoms with Gasteiger partial charge < -0.3 is 19.1 Å². The molecule has 0 aliphatic carbocycles. The number of carbonyl (C=O) groups is 2. The number of ether oxygens (including phenoxy) is 3. The second-order valence-corrected chi connectivity index (χ2v) is 7.66. The third-order valence-corrected chi connectivity index (χ3v) is 5.77. The Balaban J connectivity index is 1.39. The van der Waals surface area contributed by atoms with Crippen LogP contribution in [0.4, 0.5) is 0 Å². The fourth-order valence-corrected chi connectivity index (χ4v) is 4.01. The van der Waals surface area contributed by atoms with Crippen molar-refractivity contribution in [3.8, 4) is 11.5 Å². The molecule has 2 aromatic rings. The summed E-state index contributed by atoms with van der Waals surface area (Å²) in [6.07, 6.45) is 3.32. The van der Waals surface area contributed by atoms with Crippen LogP contribution in [0.15, 0.2) is 48.5 Å². The summed E-state index contributed by atoms with van der Waals surface area (Å²) in [6.45, 7) is 2.29. The molecule has 8 heteroatoms. The molecule has 1 unspecified atom stereocenters. The van der Waals surface area contributed by atoms with Gasteiger partial charge in [-0.3, -0.25) is 9.69 Å². The van der Waals surface area contributed by atoms with Gasteiger partial charge in [-0.05, 0) is 35.4 Å². The number of methoxy groups -OCH3 is 1. The van der Waals surface area contributed by atoms with Gasteiger partial charge in [0.2, 0.25) is 12.7 Å². The lowest BCUT2D eigenvalue weighted by Crippen LogP contribution is -2.50. The largest absolute Gasteiger partial charge is 0.468 e. The number of rotatable bonds is 5. The van der Waals surface area contributed by atoms with Crippen LogP contribution >= 0.6 is 11.6 Å². The quantitative estimate of drug-likeness (QED) is 0.523. The number of fused-ring (bicyclic) bond motifs is 1. The summed E-state index contributed by atoms with van der Waals surface area (Å²) in [6, 6.07) is 12.2. The lowest BCUT2D eigenvalue weighted by atomic mass is 10.0. The van der Waals surface area contributed by atoms with Gasteiger partial charge in [0.1, 0.15) is 6.04 Å². The molecule has 162 valence electrons. The van der Waals surface area contributed by atoms with Crippen LogP contribution < -0.4 is 9.47 Å². The number of benzene rings is 2. The second-order valence-electron chi connectivity index (χ2n) is 7.25. The molecule has 0 N–H and O–H groups in total. The molecule has 1 amide bonds. The Morgan fingerprint density at radius 3 is 2.55 bits per heavy atom. The lowest BCUT2D eigenvalue weighted by molar-refractivity contribution is -0.148. The Bertz CT molecular complexity index is 1000. The number of esters is 1. The fraction of sp³-hybridized carbons (Fsp3) is 0.304. The summed E-state index contributed by atoms with van der Waals surface area (Å²) in [5, 5.41) is 0.517. The van der Waals surface area contributed by atoms with Crippen molar-refractivity contribution in [2.24, 2.45) is 0 Å². The molecular formula is C23H23ClN2O5. The van der Waals surface area contributed by atoms with Crippen LogP contribution in [0.1, 0.15) is 17.2 Å². The molecule has 4 rings (SSSR count). The number of carbonyl (C=O) groups excluding carboxylic acids is 2. The molecule has 31 heavy (non-hydrogen) atoms. The van der Waals surface area contributed by atoms with Crippen molar-refractivity contribution in [2.45, 2.75) is 6.04 Å². The molecular weight excluding hydrogens is 420 g/mol. The number of hydrogen-bond acceptors (Lipinski definition) is 6. The van der Waals surface area contributed by atoms with Crippen molar-refractivity contribution in [2.75, 3.05) is 40.1 Å². The van der Waals surface area contributed by atoms with E-state index in [0.717, 1.165) is 5.56 Å². The minimum atomic E-state index is -0.597. The molecule has 1 atom stereocenters. The number of hydrogen-bond donors (Lipinski definition) is 0. The molecule has 1 fully saturated rings. The van der Waals surface area contributed by atoms with Crippen LogP contribution in [-0.4, -0.2) is 61.8 Å². The van der Waals surface area contributed by atoms with Crippen LogP contribution in [0, 0.1) is 0 Å². The highest BCUT2D eigenvalue weighted by atomic mass is 35.5. The third kappa shape index (κ3) is 4.68. The van der Waals surface area contributed by atoms with E-state index >= 15 is 0 Å². The summed E-state index contributed by atoms with van der Waals surface area (Å²) < 4.78 is 15.7. The number of piperazine rings is 1. The van der Waals surface area contributed by atoms with Crippen LogP contribution in [0.2, 0.25) is 5.02 Å². The molecule has 0 radical (unpaired) electrons. The summed E-state index contributed by atoms with van der Waals surface area (Å²) >= 11 is 6.33. The first-order chi connectivity index (χ1) is 15.1. The summed E-state index contributed by atoms with van der Waals surface area (Å²) in [5.41, 5.74) is 1.57. The monoisotopic (exact) mass is 442 g/mol. The summed E-state index contributed by atoms with van der Waals surface area (Å²) in [4.78, 5) is 28.9. The van der Waals surface area contributed by atoms with E-state index in [2.05, 4.69) is 0 Å². The SMILES string of the molecule is COC(=O)C(c1ccccc1Cl)N1CCN(C(=O)C=Cc2ccc3c(c2)OCO3)CC1. The molecule has 2 aliphatic rings. The highest BCUT2D eigenvalue weighted by molar-refractivity contribution is 6.31. The van der Waals surface area contributed by atoms with Gasteiger partial charge in [0, 0.05) is 37.3 Å². The maximum Gasteiger partial charge on any atom is 0.327 e. The van der Waals surface area contributed by atoms with E-state index in [1.165, 1.54) is 7.11 Å². The van der Waals surface area contributed by atoms with E-state index in [4.69, 9.17) is 25.8 Å². The average molecular weight is 443 g/mol. The normalized spacial score (nSPS) is 17.0. The van der Waals surface area contributed by atoms with Crippen LogP contribution in [0.25, 0.3) is 6.08 Å². The first-order valence-electron chi connectivity index (χ1n) is 10.00. The van der Waals surface area contributed by atoms with E-state index in [1.807, 2.05) is 41.3 Å². The number of halogens is 1. The van der Waals surface area contributed by atoms with Gasteiger partial charge in [0.15, 0.2) is 11.5 Å². The van der Waals surface area contributed by atoms with Crippen LogP contribution in [0.5, 0.6) is 11.5 Å². The predicted molar refractivity (Wildman–Crippen MR) is 116 cm³/mol. The van der Waals surface area contributed by atoms with Gasteiger partial charge in [0.25, 0.3) is 0 Å². The Morgan fingerprint density at radius 1 is 1.06 bits per heavy atom. The minimum absolute atomic E-state index is 0.0790. The highest BCUT2D eigenvalue weighted by Crippen LogP contribution is 2.33. The van der Waals surface area contributed by atoms with Crippen molar-refractivity contribution in [1.29, 1.82) is 0 Å². The Kier molecular flexibility index (Phi) is 6.44. The van der Waals surface area contributed by atoms with Crippen LogP contribution in [-0.2, 0) is 14.3 Å². The minimum Gasteiger partial charge on any atom is -0.468 e. The molecule has 0 saturated carbocycles. The molecule has 2 aromatic carbocycles. The summed E-state index contributed by atoms with van der Waals surface area (Å²) in [7, 11) is 1.37. The van der Waals surface area contributed by atoms with Gasteiger partial charge in [-0.25, -0.2) is 4.79 Å². The smallest absolute Gasteiger partial charge is 0.327 e. The molecule has 2 heterocycles. The van der Waals surface area contributed by atoms with E-state index in [0.29, 0.717) is 48.3 Å². The fourth-order valence-electron chi connectivity index (χ4n) is 3.77. The van der Waals surface area contributed by atoms with Crippen molar-refractivity contribution in [1.82, 2.24) is 9.80 Å². The topological polar surface area (TPSA) is 68.3 Å². The van der Waals surface area contributed by atoms with Crippen molar-refractivity contribution < 1.29 is 23.8 Å². The molecule has 7 nitrogen and oxygen atoms in total. The zero-order chi connectivity index (χ0) is 21.8. The molecule has 1 saturated heterocycles. The maximum absolute atomic E-state index is 12.6. The zero-order valence-corrected chi connectivity index (χ0v) is 17.9. The van der Waals surface area contributed by atoms with Gasteiger partial charge >= 0.3 is 5.97 Å². The average Bonchev–Trinajstić information content (AvgIpc) is 3.27. The van der Waals surface area contributed by atoms with Crippen molar-refractivity contribution in [3.63, 3.8) is 0 Å². The van der Waals surface area contributed by atoms with Gasteiger partial charge in [-0.2, -0.15) is 0 Å². The molecule has 0 spiro atoms. The Labute approximate surface area is 185 Å². The van der Waals surface area contributed by atoms with E-state index in [1.54, 1.807) is 23.1 Å². The Morgan fingerprint density at radius 2 is 1.81 bits per heavy atom. The highest BCUT2D eigenvalue weighted by Gasteiger charge is 2.33. The molecule has 0 bridgehead atoms. The van der Waals surface area contributed by atoms with Gasteiger partial charge in [-0.15, -0.1) is 0 Å². The molecule has 2 aliphatic heterocycles. The van der Waals surface area contributed by atoms with Crippen LogP contribution in [0.3, 0.4) is 0 Å². The van der Waals surface area contributed by atoms with E-state index in [-0.39, 0.29) is 18.7 Å². The first kappa shape index (κ1) is 21.2. The summed E-state index contributed by atoms with van der Waals surface area (Å²) in [5.74, 6) is 0.940. The first-order valence-corrected chi connectivity index (χ1v) is 10.4. The standard InChI is InChI=1S/C23H23ClN2O5/c1-29-23(28)22(17-4-2-3-5-18(17)24)26-12-10-25(11-13-26)21(27)9-7-16-6-8-19-20(14-16)31-15-30-19/h2-9,14,22H,10-13,15H2,1H3. The predicted octanol–water partition coefficient (Wildman–Crippen LogP) is 3.14. The number of amides is 1. The van der Waals surface area contributed by atoms with E-state index in [9.17, 15) is 9.59 Å². The Hall–Kier alpha value is -3.03. The van der Waals surface area contributed by atoms with Crippen molar-refractivity contribution in [3.05, 3.63) is 64.7 Å². The van der Waals surface area contributed by atoms with E-state index < -0.39 is 6.04 Å². The number of nitrogens with zero attached hydrogens (tertiary/aromatic N) is 2. The second kappa shape index (κ2) is 9.41. The third-order valence-electron chi connectivity index (χ3n) is 5.43. The molecule has 0 aromatic heterocycles. The zero-order valence-electron chi connectivity index (χ0n) is 17.1. The van der Waals surface area contributed by atoms with Gasteiger partial charge in [-0.1, -0.05) is 35.9 Å². The maximum atomic E-state index is 12.6. The van der Waals surface area contributed by atoms with Gasteiger partial charge in [0.05, 0.1) is 7.11 Å². The van der Waals surface area contributed by atoms with Crippen molar-refractivity contribution >= 4 is 29.6 Å². The lowest BCUT2D eigenvalue weighted by Gasteiger charge is -2.38.